The summed E-state index contributed by atoms with van der Waals surface area (Å²) in [6.07, 6.45) is 90.5. The lowest BCUT2D eigenvalue weighted by Gasteiger charge is -2.18. The SMILES string of the molecule is CC/C=C\C/C=C\C/C=C\C/C=C\CCCCCCCCCCCCC(=O)OCC(COC(=O)CCCCCCC/C=C\C/C=C\CCCCCC)OC(=O)CCCCCCCCCC/C=C\C/C=C\C/C=C\C/C=C\CC. The Bertz CT molecular complexity index is 1620. The van der Waals surface area contributed by atoms with Gasteiger partial charge in [0.25, 0.3) is 0 Å². The third kappa shape index (κ3) is 62.7. The van der Waals surface area contributed by atoms with Crippen LogP contribution < -0.4 is 0 Å². The normalized spacial score (nSPS) is 12.9. The van der Waals surface area contributed by atoms with Crippen molar-refractivity contribution in [1.82, 2.24) is 0 Å². The first kappa shape index (κ1) is 73.8. The lowest BCUT2D eigenvalue weighted by Crippen LogP contribution is -2.30. The second-order valence-electron chi connectivity index (χ2n) is 21.3. The third-order valence-electron chi connectivity index (χ3n) is 13.7. The van der Waals surface area contributed by atoms with Gasteiger partial charge >= 0.3 is 17.9 Å². The van der Waals surface area contributed by atoms with Gasteiger partial charge in [-0.15, -0.1) is 0 Å². The van der Waals surface area contributed by atoms with Crippen molar-refractivity contribution in [3.8, 4) is 0 Å². The fourth-order valence-corrected chi connectivity index (χ4v) is 8.87. The zero-order valence-electron chi connectivity index (χ0n) is 50.9. The molecule has 0 saturated heterocycles. The van der Waals surface area contributed by atoms with Crippen LogP contribution in [0.3, 0.4) is 0 Å². The summed E-state index contributed by atoms with van der Waals surface area (Å²) in [6, 6.07) is 0. The number of ether oxygens (including phenoxy) is 3. The zero-order valence-corrected chi connectivity index (χ0v) is 50.9. The minimum atomic E-state index is -0.795. The van der Waals surface area contributed by atoms with Gasteiger partial charge in [-0.25, -0.2) is 0 Å². The minimum absolute atomic E-state index is 0.0899. The first-order valence-corrected chi connectivity index (χ1v) is 32.5. The highest BCUT2D eigenvalue weighted by atomic mass is 16.6. The Morgan fingerprint density at radius 2 is 0.500 bits per heavy atom. The molecule has 0 radical (unpaired) electrons. The molecule has 0 spiro atoms. The molecular weight excluding hydrogens is 961 g/mol. The number of hydrogen-bond acceptors (Lipinski definition) is 6. The van der Waals surface area contributed by atoms with Gasteiger partial charge in [0, 0.05) is 19.3 Å². The number of unbranched alkanes of at least 4 members (excludes halogenated alkanes) is 27. The molecule has 0 aromatic heterocycles. The molecule has 444 valence electrons. The van der Waals surface area contributed by atoms with Crippen LogP contribution >= 0.6 is 0 Å². The highest BCUT2D eigenvalue weighted by molar-refractivity contribution is 5.71. The largest absolute Gasteiger partial charge is 0.462 e. The first-order valence-electron chi connectivity index (χ1n) is 32.5. The van der Waals surface area contributed by atoms with Gasteiger partial charge in [-0.05, 0) is 128 Å². The van der Waals surface area contributed by atoms with Crippen molar-refractivity contribution in [2.45, 2.75) is 303 Å². The number of rotatable bonds is 58. The van der Waals surface area contributed by atoms with E-state index in [9.17, 15) is 14.4 Å². The van der Waals surface area contributed by atoms with E-state index in [2.05, 4.69) is 142 Å². The molecule has 0 amide bonds. The molecule has 0 aromatic rings. The summed E-state index contributed by atoms with van der Waals surface area (Å²) >= 11 is 0. The standard InChI is InChI=1S/C72H120O6/c1-4-7-10-13-16-19-22-25-28-31-33-35-36-38-39-41-44-47-50-53-56-59-62-65-71(74)77-68-69(67-76-70(73)64-61-58-55-52-49-46-43-30-27-24-21-18-15-12-9-6-3)78-72(75)66-63-60-57-54-51-48-45-42-40-37-34-32-29-26-23-20-17-14-11-8-5-2/h7-8,10-11,16-17,19-21,24-26,28-30,33-35,37,43,69H,4-6,9,12-15,18,22-23,27,31-32,36,38-42,44-68H2,1-3H3/b10-7-,11-8-,19-16-,20-17-,24-21-,28-25-,29-26-,35-33-,37-34-,43-30-. The monoisotopic (exact) mass is 1080 g/mol. The molecule has 0 heterocycles. The molecule has 78 heavy (non-hydrogen) atoms. The van der Waals surface area contributed by atoms with Crippen LogP contribution in [0.15, 0.2) is 122 Å². The summed E-state index contributed by atoms with van der Waals surface area (Å²) in [4.78, 5) is 38.4. The molecule has 0 saturated carbocycles. The smallest absolute Gasteiger partial charge is 0.306 e. The van der Waals surface area contributed by atoms with Gasteiger partial charge in [-0.2, -0.15) is 0 Å². The van der Waals surface area contributed by atoms with Crippen LogP contribution in [0.1, 0.15) is 297 Å². The van der Waals surface area contributed by atoms with E-state index in [0.717, 1.165) is 141 Å². The molecule has 1 atom stereocenters. The summed E-state index contributed by atoms with van der Waals surface area (Å²) < 4.78 is 16.9. The van der Waals surface area contributed by atoms with Crippen molar-refractivity contribution in [3.63, 3.8) is 0 Å². The highest BCUT2D eigenvalue weighted by Gasteiger charge is 2.19. The van der Waals surface area contributed by atoms with Crippen LogP contribution in [0.2, 0.25) is 0 Å². The van der Waals surface area contributed by atoms with Crippen LogP contribution in [0.25, 0.3) is 0 Å². The fourth-order valence-electron chi connectivity index (χ4n) is 8.87. The van der Waals surface area contributed by atoms with Gasteiger partial charge in [0.05, 0.1) is 0 Å². The highest BCUT2D eigenvalue weighted by Crippen LogP contribution is 2.16. The molecule has 0 aliphatic heterocycles. The van der Waals surface area contributed by atoms with Gasteiger partial charge in [0.15, 0.2) is 6.10 Å². The molecule has 0 N–H and O–H groups in total. The Balaban J connectivity index is 4.41. The number of hydrogen-bond donors (Lipinski definition) is 0. The minimum Gasteiger partial charge on any atom is -0.462 e. The second-order valence-corrected chi connectivity index (χ2v) is 21.3. The predicted molar refractivity (Wildman–Crippen MR) is 339 cm³/mol. The van der Waals surface area contributed by atoms with E-state index in [-0.39, 0.29) is 31.1 Å². The van der Waals surface area contributed by atoms with Crippen molar-refractivity contribution in [3.05, 3.63) is 122 Å². The maximum absolute atomic E-state index is 12.9. The summed E-state index contributed by atoms with van der Waals surface area (Å²) in [7, 11) is 0. The molecule has 0 rings (SSSR count). The van der Waals surface area contributed by atoms with Gasteiger partial charge in [-0.3, -0.25) is 14.4 Å². The predicted octanol–water partition coefficient (Wildman–Crippen LogP) is 22.4. The number of esters is 3. The molecule has 0 aromatic carbocycles. The molecule has 0 aliphatic rings. The lowest BCUT2D eigenvalue weighted by molar-refractivity contribution is -0.167. The van der Waals surface area contributed by atoms with E-state index in [0.29, 0.717) is 19.3 Å². The number of carbonyl (C=O) groups is 3. The maximum atomic E-state index is 12.9. The second kappa shape index (κ2) is 65.3. The average Bonchev–Trinajstić information content (AvgIpc) is 3.44. The lowest BCUT2D eigenvalue weighted by atomic mass is 10.1. The van der Waals surface area contributed by atoms with Crippen molar-refractivity contribution in [2.24, 2.45) is 0 Å². The molecular formula is C72H120O6. The van der Waals surface area contributed by atoms with E-state index >= 15 is 0 Å². The molecule has 0 aliphatic carbocycles. The Morgan fingerprint density at radius 3 is 0.782 bits per heavy atom. The van der Waals surface area contributed by atoms with E-state index in [1.807, 2.05) is 0 Å². The van der Waals surface area contributed by atoms with Gasteiger partial charge in [0.1, 0.15) is 13.2 Å². The maximum Gasteiger partial charge on any atom is 0.306 e. The van der Waals surface area contributed by atoms with Crippen LogP contribution in [0.4, 0.5) is 0 Å². The van der Waals surface area contributed by atoms with Crippen LogP contribution in [-0.2, 0) is 28.6 Å². The third-order valence-corrected chi connectivity index (χ3v) is 13.7. The van der Waals surface area contributed by atoms with Crippen molar-refractivity contribution >= 4 is 17.9 Å². The topological polar surface area (TPSA) is 78.9 Å². The van der Waals surface area contributed by atoms with Crippen molar-refractivity contribution in [2.75, 3.05) is 13.2 Å². The zero-order chi connectivity index (χ0) is 56.4. The Morgan fingerprint density at radius 1 is 0.269 bits per heavy atom. The van der Waals surface area contributed by atoms with Gasteiger partial charge in [0.2, 0.25) is 0 Å². The average molecular weight is 1080 g/mol. The summed E-state index contributed by atoms with van der Waals surface area (Å²) in [5.74, 6) is -0.909. The molecule has 6 nitrogen and oxygen atoms in total. The Labute approximate surface area is 482 Å². The van der Waals surface area contributed by atoms with Crippen LogP contribution in [0, 0.1) is 0 Å². The Kier molecular flexibility index (Phi) is 61.8. The van der Waals surface area contributed by atoms with E-state index in [1.54, 1.807) is 0 Å². The van der Waals surface area contributed by atoms with E-state index in [1.165, 1.54) is 116 Å². The number of carbonyl (C=O) groups excluding carboxylic acids is 3. The summed E-state index contributed by atoms with van der Waals surface area (Å²) in [5.41, 5.74) is 0. The molecule has 0 fully saturated rings. The summed E-state index contributed by atoms with van der Waals surface area (Å²) in [5, 5.41) is 0. The first-order chi connectivity index (χ1) is 38.5. The van der Waals surface area contributed by atoms with Crippen molar-refractivity contribution in [1.29, 1.82) is 0 Å². The summed E-state index contributed by atoms with van der Waals surface area (Å²) in [6.45, 7) is 6.40. The van der Waals surface area contributed by atoms with Crippen LogP contribution in [0.5, 0.6) is 0 Å². The quantitative estimate of drug-likeness (QED) is 0.0261. The van der Waals surface area contributed by atoms with Gasteiger partial charge in [-0.1, -0.05) is 271 Å². The fraction of sp³-hybridized carbons (Fsp3) is 0.681. The van der Waals surface area contributed by atoms with E-state index < -0.39 is 6.10 Å². The van der Waals surface area contributed by atoms with Gasteiger partial charge < -0.3 is 14.2 Å². The number of allylic oxidation sites excluding steroid dienone is 20. The Hall–Kier alpha value is -4.19. The van der Waals surface area contributed by atoms with Crippen molar-refractivity contribution < 1.29 is 28.6 Å². The molecule has 0 bridgehead atoms. The molecule has 6 heteroatoms. The molecule has 1 unspecified atom stereocenters. The van der Waals surface area contributed by atoms with Crippen LogP contribution in [-0.4, -0.2) is 37.2 Å². The van der Waals surface area contributed by atoms with E-state index in [4.69, 9.17) is 14.2 Å².